The number of hydrogen-bond donors (Lipinski definition) is 0. The Balaban J connectivity index is 0.736. The van der Waals surface area contributed by atoms with E-state index in [9.17, 15) is 19.2 Å². The van der Waals surface area contributed by atoms with E-state index in [-0.39, 0.29) is 71.0 Å². The first-order valence-corrected chi connectivity index (χ1v) is 19.1. The minimum Gasteiger partial charge on any atom is -0.457 e. The summed E-state index contributed by atoms with van der Waals surface area (Å²) in [5.41, 5.74) is 1.29. The van der Waals surface area contributed by atoms with Crippen LogP contribution in [0.2, 0.25) is 0 Å². The van der Waals surface area contributed by atoms with Crippen LogP contribution in [0.25, 0.3) is 0 Å². The first-order chi connectivity index (χ1) is 24.9. The summed E-state index contributed by atoms with van der Waals surface area (Å²) in [6, 6.07) is 31.1. The average Bonchev–Trinajstić information content (AvgIpc) is 4.01. The van der Waals surface area contributed by atoms with Gasteiger partial charge in [-0.2, -0.15) is 0 Å². The van der Waals surface area contributed by atoms with Gasteiger partial charge >= 0.3 is 0 Å². The number of carbonyl (C=O) groups is 4. The van der Waals surface area contributed by atoms with E-state index in [2.05, 4.69) is 24.3 Å². The number of imide groups is 2. The highest BCUT2D eigenvalue weighted by Crippen LogP contribution is 2.54. The standard InChI is InChI=1S/C42H32N2O5S2/c45-39-35-23-1-2-24(21-23)36(35)40(46)43(39)27-5-13-31(14-6-27)50-33-17-9-29(10-18-33)49-30-11-19-34(20-12-30)51-32-15-7-28(8-16-32)44-41(47)37-25-3-4-26(22-25)38(37)42(44)48/h1-20,23-26,35-38H,21-22H2/t23-,24-,25-,26+,35-,36+,37-,38-/m0/s1. The summed E-state index contributed by atoms with van der Waals surface area (Å²) in [7, 11) is 0. The lowest BCUT2D eigenvalue weighted by molar-refractivity contribution is -0.124. The number of ether oxygens (including phenoxy) is 1. The molecule has 6 aliphatic rings. The molecule has 10 rings (SSSR count). The second-order valence-corrected chi connectivity index (χ2v) is 16.6. The van der Waals surface area contributed by atoms with Crippen LogP contribution in [0.4, 0.5) is 11.4 Å². The molecule has 9 heteroatoms. The number of amides is 4. The molecule has 0 unspecified atom stereocenters. The summed E-state index contributed by atoms with van der Waals surface area (Å²) in [5.74, 6) is 1.26. The fourth-order valence-electron chi connectivity index (χ4n) is 9.20. The monoisotopic (exact) mass is 708 g/mol. The van der Waals surface area contributed by atoms with Crippen molar-refractivity contribution in [2.75, 3.05) is 9.80 Å². The van der Waals surface area contributed by atoms with Crippen LogP contribution >= 0.6 is 23.5 Å². The number of anilines is 2. The summed E-state index contributed by atoms with van der Waals surface area (Å²) in [5, 5.41) is 0. The largest absolute Gasteiger partial charge is 0.457 e. The molecule has 4 aromatic rings. The van der Waals surface area contributed by atoms with E-state index in [4.69, 9.17) is 4.74 Å². The molecule has 8 atom stereocenters. The Labute approximate surface area is 303 Å². The number of benzene rings is 4. The molecule has 0 spiro atoms. The summed E-state index contributed by atoms with van der Waals surface area (Å²) in [6.45, 7) is 0. The van der Waals surface area contributed by atoms with Gasteiger partial charge in [0.2, 0.25) is 23.6 Å². The van der Waals surface area contributed by atoms with Crippen LogP contribution < -0.4 is 14.5 Å². The molecule has 4 amide bonds. The number of nitrogens with zero attached hydrogens (tertiary/aromatic N) is 2. The van der Waals surface area contributed by atoms with E-state index in [1.165, 1.54) is 9.80 Å². The molecule has 4 aliphatic carbocycles. The van der Waals surface area contributed by atoms with E-state index in [0.717, 1.165) is 43.9 Å². The SMILES string of the molecule is O=C1[C@@H]2[C@@H](C(=O)N1c1ccc(Sc3ccc(Oc4ccc(Sc5ccc(N6C(=O)[C@@H]7[C@H](C6=O)[C@H]6C=C[C@H]7C6)cc5)cc4)cc3)cc1)[C@H]1C=C[C@@H]2C1. The average molecular weight is 709 g/mol. The quantitative estimate of drug-likeness (QED) is 0.134. The van der Waals surface area contributed by atoms with E-state index in [1.807, 2.05) is 97.1 Å². The van der Waals surface area contributed by atoms with Gasteiger partial charge in [-0.3, -0.25) is 29.0 Å². The Morgan fingerprint density at radius 1 is 0.412 bits per heavy atom. The molecule has 2 aliphatic heterocycles. The molecule has 252 valence electrons. The van der Waals surface area contributed by atoms with Crippen molar-refractivity contribution < 1.29 is 23.9 Å². The zero-order chi connectivity index (χ0) is 34.4. The van der Waals surface area contributed by atoms with E-state index >= 15 is 0 Å². The highest BCUT2D eigenvalue weighted by Gasteiger charge is 2.60. The lowest BCUT2D eigenvalue weighted by Gasteiger charge is -2.17. The molecule has 0 aromatic heterocycles. The molecule has 2 saturated heterocycles. The number of allylic oxidation sites excluding steroid dienone is 4. The zero-order valence-electron chi connectivity index (χ0n) is 27.3. The van der Waals surface area contributed by atoms with Crippen molar-refractivity contribution in [3.63, 3.8) is 0 Å². The Morgan fingerprint density at radius 2 is 0.686 bits per heavy atom. The third kappa shape index (κ3) is 5.04. The molecule has 2 saturated carbocycles. The first kappa shape index (κ1) is 30.9. The van der Waals surface area contributed by atoms with Gasteiger partial charge in [-0.25, -0.2) is 0 Å². The normalized spacial score (nSPS) is 29.5. The maximum Gasteiger partial charge on any atom is 0.238 e. The number of fused-ring (bicyclic) bond motifs is 10. The van der Waals surface area contributed by atoms with Crippen LogP contribution in [0.15, 0.2) is 141 Å². The van der Waals surface area contributed by atoms with Crippen molar-refractivity contribution in [2.45, 2.75) is 32.4 Å². The Hall–Kier alpha value is -4.86. The number of carbonyl (C=O) groups excluding carboxylic acids is 4. The van der Waals surface area contributed by atoms with Crippen molar-refractivity contribution in [1.82, 2.24) is 0 Å². The zero-order valence-corrected chi connectivity index (χ0v) is 29.0. The summed E-state index contributed by atoms with van der Waals surface area (Å²) < 4.78 is 6.11. The van der Waals surface area contributed by atoms with E-state index < -0.39 is 0 Å². The van der Waals surface area contributed by atoms with Gasteiger partial charge < -0.3 is 4.74 Å². The molecule has 0 N–H and O–H groups in total. The van der Waals surface area contributed by atoms with E-state index in [1.54, 1.807) is 23.5 Å². The maximum absolute atomic E-state index is 13.2. The van der Waals surface area contributed by atoms with Crippen LogP contribution in [-0.4, -0.2) is 23.6 Å². The minimum absolute atomic E-state index is 0.0564. The molecule has 2 heterocycles. The Kier molecular flexibility index (Phi) is 7.19. The van der Waals surface area contributed by atoms with Gasteiger partial charge in [0, 0.05) is 19.6 Å². The molecular weight excluding hydrogens is 677 g/mol. The predicted molar refractivity (Wildman–Crippen MR) is 195 cm³/mol. The van der Waals surface area contributed by atoms with Crippen LogP contribution in [0.1, 0.15) is 12.8 Å². The number of hydrogen-bond acceptors (Lipinski definition) is 7. The van der Waals surface area contributed by atoms with Crippen LogP contribution in [0.3, 0.4) is 0 Å². The van der Waals surface area contributed by atoms with Crippen LogP contribution in [0.5, 0.6) is 11.5 Å². The van der Waals surface area contributed by atoms with Crippen molar-refractivity contribution in [2.24, 2.45) is 47.3 Å². The fraction of sp³-hybridized carbons (Fsp3) is 0.238. The Bertz CT molecular complexity index is 1950. The minimum atomic E-state index is -0.195. The van der Waals surface area contributed by atoms with E-state index in [0.29, 0.717) is 11.4 Å². The molecular formula is C42H32N2O5S2. The maximum atomic E-state index is 13.2. The van der Waals surface area contributed by atoms with Gasteiger partial charge in [0.25, 0.3) is 0 Å². The number of rotatable bonds is 8. The molecule has 4 fully saturated rings. The summed E-state index contributed by atoms with van der Waals surface area (Å²) in [6.07, 6.45) is 10.3. The molecule has 7 nitrogen and oxygen atoms in total. The van der Waals surface area contributed by atoms with Crippen molar-refractivity contribution in [3.8, 4) is 11.5 Å². The third-order valence-electron chi connectivity index (χ3n) is 11.5. The first-order valence-electron chi connectivity index (χ1n) is 17.5. The summed E-state index contributed by atoms with van der Waals surface area (Å²) in [4.78, 5) is 59.5. The fourth-order valence-corrected chi connectivity index (χ4v) is 10.8. The topological polar surface area (TPSA) is 84.0 Å². The molecule has 4 bridgehead atoms. The highest BCUT2D eigenvalue weighted by atomic mass is 32.2. The van der Waals surface area contributed by atoms with Crippen LogP contribution in [-0.2, 0) is 19.2 Å². The lowest BCUT2D eigenvalue weighted by Crippen LogP contribution is -2.32. The second kappa shape index (κ2) is 11.9. The molecule has 51 heavy (non-hydrogen) atoms. The Morgan fingerprint density at radius 3 is 0.980 bits per heavy atom. The smallest absolute Gasteiger partial charge is 0.238 e. The van der Waals surface area contributed by atoms with Gasteiger partial charge in [-0.15, -0.1) is 0 Å². The van der Waals surface area contributed by atoms with Gasteiger partial charge in [0.15, 0.2) is 0 Å². The van der Waals surface area contributed by atoms with Gasteiger partial charge in [0.1, 0.15) is 11.5 Å². The molecule has 4 aromatic carbocycles. The highest BCUT2D eigenvalue weighted by molar-refractivity contribution is 7.99. The van der Waals surface area contributed by atoms with Crippen molar-refractivity contribution >= 4 is 58.5 Å². The third-order valence-corrected chi connectivity index (χ3v) is 13.5. The van der Waals surface area contributed by atoms with Crippen molar-refractivity contribution in [1.29, 1.82) is 0 Å². The predicted octanol–water partition coefficient (Wildman–Crippen LogP) is 8.40. The second-order valence-electron chi connectivity index (χ2n) is 14.3. The van der Waals surface area contributed by atoms with Crippen molar-refractivity contribution in [3.05, 3.63) is 121 Å². The summed E-state index contributed by atoms with van der Waals surface area (Å²) >= 11 is 3.21. The lowest BCUT2D eigenvalue weighted by atomic mass is 9.85. The van der Waals surface area contributed by atoms with Gasteiger partial charge in [-0.05, 0) is 134 Å². The van der Waals surface area contributed by atoms with Gasteiger partial charge in [-0.1, -0.05) is 47.8 Å². The van der Waals surface area contributed by atoms with Gasteiger partial charge in [0.05, 0.1) is 35.0 Å². The molecule has 0 radical (unpaired) electrons. The van der Waals surface area contributed by atoms with Crippen LogP contribution in [0, 0.1) is 47.3 Å².